The molecule has 0 fully saturated rings. The third-order valence-corrected chi connectivity index (χ3v) is 15.7. The van der Waals surface area contributed by atoms with Gasteiger partial charge in [-0.05, 0) is 46.5 Å². The lowest BCUT2D eigenvalue weighted by Crippen LogP contribution is -2.43. The van der Waals surface area contributed by atoms with E-state index in [0.29, 0.717) is 16.6 Å². The van der Waals surface area contributed by atoms with Crippen LogP contribution in [0.15, 0.2) is 55.1 Å². The predicted octanol–water partition coefficient (Wildman–Crippen LogP) is 7.18. The van der Waals surface area contributed by atoms with Crippen LogP contribution in [-0.4, -0.2) is 45.4 Å². The predicted molar refractivity (Wildman–Crippen MR) is 163 cm³/mol. The largest absolute Gasteiger partial charge is 0.331 e. The molecule has 0 saturated carbocycles. The third kappa shape index (κ3) is 3.84. The van der Waals surface area contributed by atoms with E-state index in [1.54, 1.807) is 12.4 Å². The molecular formula is C33H37N5OSi. The Balaban J connectivity index is 1.57. The number of amides is 1. The SMILES string of the molecule is [2H]c1ncc(-c2ccc3nc4n(c3c2)[C@@H]2C[C@H]4N(C)C(=O)c3cccc(C#C[Si](C(C)C)(C(C)C)C(C)C)c32)cn1. The van der Waals surface area contributed by atoms with Gasteiger partial charge < -0.3 is 9.47 Å². The number of rotatable bonds is 4. The van der Waals surface area contributed by atoms with E-state index in [9.17, 15) is 4.79 Å². The molecule has 4 heterocycles. The molecule has 7 heteroatoms. The number of carbonyl (C=O) groups excluding carboxylic acids is 1. The second-order valence-electron chi connectivity index (χ2n) is 12.2. The van der Waals surface area contributed by atoms with Crippen molar-refractivity contribution in [2.75, 3.05) is 7.05 Å². The topological polar surface area (TPSA) is 63.9 Å². The van der Waals surface area contributed by atoms with Crippen molar-refractivity contribution in [3.63, 3.8) is 0 Å². The summed E-state index contributed by atoms with van der Waals surface area (Å²) in [6.45, 7) is 14.0. The Morgan fingerprint density at radius 3 is 2.35 bits per heavy atom. The van der Waals surface area contributed by atoms with Crippen molar-refractivity contribution in [1.29, 1.82) is 0 Å². The monoisotopic (exact) mass is 548 g/mol. The van der Waals surface area contributed by atoms with Gasteiger partial charge in [0.05, 0.1) is 23.1 Å². The fourth-order valence-electron chi connectivity index (χ4n) is 7.43. The van der Waals surface area contributed by atoms with E-state index < -0.39 is 8.07 Å². The molecule has 204 valence electrons. The number of hydrogen-bond donors (Lipinski definition) is 0. The lowest BCUT2D eigenvalue weighted by Gasteiger charge is -2.38. The summed E-state index contributed by atoms with van der Waals surface area (Å²) < 4.78 is 9.98. The van der Waals surface area contributed by atoms with Crippen LogP contribution in [0, 0.1) is 11.5 Å². The molecule has 2 aliphatic heterocycles. The molecule has 2 aromatic carbocycles. The normalized spacial score (nSPS) is 18.6. The highest BCUT2D eigenvalue weighted by Crippen LogP contribution is 2.48. The maximum atomic E-state index is 13.8. The molecule has 40 heavy (non-hydrogen) atoms. The van der Waals surface area contributed by atoms with Gasteiger partial charge in [0, 0.05) is 48.1 Å². The molecule has 0 aliphatic carbocycles. The minimum Gasteiger partial charge on any atom is -0.331 e. The lowest BCUT2D eigenvalue weighted by molar-refractivity contribution is 0.0734. The Kier molecular flexibility index (Phi) is 6.12. The first-order valence-electron chi connectivity index (χ1n) is 14.8. The summed E-state index contributed by atoms with van der Waals surface area (Å²) >= 11 is 0. The number of hydrogen-bond acceptors (Lipinski definition) is 4. The molecule has 0 radical (unpaired) electrons. The fourth-order valence-corrected chi connectivity index (χ4v) is 12.6. The summed E-state index contributed by atoms with van der Waals surface area (Å²) in [6, 6.07) is 12.1. The van der Waals surface area contributed by atoms with Crippen LogP contribution < -0.4 is 0 Å². The molecule has 2 bridgehead atoms. The number of fused-ring (bicyclic) bond motifs is 9. The van der Waals surface area contributed by atoms with Crippen LogP contribution in [-0.2, 0) is 0 Å². The van der Waals surface area contributed by atoms with Gasteiger partial charge in [0.2, 0.25) is 0 Å². The van der Waals surface area contributed by atoms with E-state index in [-0.39, 0.29) is 24.3 Å². The Morgan fingerprint density at radius 1 is 0.975 bits per heavy atom. The van der Waals surface area contributed by atoms with Gasteiger partial charge in [-0.25, -0.2) is 15.0 Å². The lowest BCUT2D eigenvalue weighted by atomic mass is 9.93. The van der Waals surface area contributed by atoms with E-state index in [1.165, 1.54) is 0 Å². The van der Waals surface area contributed by atoms with E-state index in [4.69, 9.17) is 6.35 Å². The maximum Gasteiger partial charge on any atom is 0.254 e. The van der Waals surface area contributed by atoms with Gasteiger partial charge in [-0.15, -0.1) is 5.54 Å². The number of imidazole rings is 1. The van der Waals surface area contributed by atoms with Crippen molar-refractivity contribution in [3.8, 4) is 22.6 Å². The van der Waals surface area contributed by atoms with Crippen molar-refractivity contribution in [2.24, 2.45) is 0 Å². The highest BCUT2D eigenvalue weighted by atomic mass is 28.3. The average molecular weight is 549 g/mol. The van der Waals surface area contributed by atoms with E-state index >= 15 is 0 Å². The Hall–Kier alpha value is -3.76. The average Bonchev–Trinajstić information content (AvgIpc) is 3.46. The molecule has 0 N–H and O–H groups in total. The molecule has 2 aromatic heterocycles. The molecule has 1 amide bonds. The first-order chi connectivity index (χ1) is 19.5. The van der Waals surface area contributed by atoms with E-state index in [2.05, 4.69) is 79.7 Å². The summed E-state index contributed by atoms with van der Waals surface area (Å²) in [6.07, 6.45) is 4.15. The summed E-state index contributed by atoms with van der Waals surface area (Å²) in [5.74, 6) is 4.64. The van der Waals surface area contributed by atoms with Crippen LogP contribution in [0.1, 0.15) is 88.7 Å². The highest BCUT2D eigenvalue weighted by molar-refractivity contribution is 6.90. The van der Waals surface area contributed by atoms with Gasteiger partial charge in [0.15, 0.2) is 0 Å². The van der Waals surface area contributed by atoms with Crippen molar-refractivity contribution < 1.29 is 6.17 Å². The summed E-state index contributed by atoms with van der Waals surface area (Å²) in [5, 5.41) is 0. The van der Waals surface area contributed by atoms with Crippen molar-refractivity contribution >= 4 is 25.0 Å². The maximum absolute atomic E-state index is 13.8. The Morgan fingerprint density at radius 2 is 1.68 bits per heavy atom. The zero-order valence-corrected chi connectivity index (χ0v) is 25.4. The highest BCUT2D eigenvalue weighted by Gasteiger charge is 2.45. The smallest absolute Gasteiger partial charge is 0.254 e. The number of aromatic nitrogens is 4. The minimum absolute atomic E-state index is 0.00236. The molecule has 4 aromatic rings. The summed E-state index contributed by atoms with van der Waals surface area (Å²) in [7, 11) is -0.0779. The molecule has 0 unspecified atom stereocenters. The van der Waals surface area contributed by atoms with Crippen molar-refractivity contribution in [1.82, 2.24) is 24.4 Å². The molecule has 2 atom stereocenters. The van der Waals surface area contributed by atoms with Crippen LogP contribution in [0.4, 0.5) is 0 Å². The molecule has 0 spiro atoms. The van der Waals surface area contributed by atoms with E-state index in [1.807, 2.05) is 36.2 Å². The first-order valence-corrected chi connectivity index (χ1v) is 16.5. The van der Waals surface area contributed by atoms with Gasteiger partial charge in [-0.3, -0.25) is 4.79 Å². The number of nitrogens with zero attached hydrogens (tertiary/aromatic N) is 5. The first kappa shape index (κ1) is 25.2. The molecule has 2 aliphatic rings. The molecular weight excluding hydrogens is 510 g/mol. The van der Waals surface area contributed by atoms with Crippen molar-refractivity contribution in [3.05, 3.63) is 77.6 Å². The summed E-state index contributed by atoms with van der Waals surface area (Å²) in [5.41, 5.74) is 11.9. The van der Waals surface area contributed by atoms with Crippen LogP contribution in [0.2, 0.25) is 16.6 Å². The number of benzene rings is 2. The van der Waals surface area contributed by atoms with E-state index in [0.717, 1.165) is 51.1 Å². The van der Waals surface area contributed by atoms with Crippen LogP contribution in [0.5, 0.6) is 0 Å². The van der Waals surface area contributed by atoms with Gasteiger partial charge in [0.25, 0.3) is 5.91 Å². The third-order valence-electron chi connectivity index (χ3n) is 9.37. The molecule has 6 rings (SSSR count). The zero-order valence-electron chi connectivity index (χ0n) is 25.4. The Bertz CT molecular complexity index is 1710. The quantitative estimate of drug-likeness (QED) is 0.200. The fraction of sp³-hybridized carbons (Fsp3) is 0.394. The van der Waals surface area contributed by atoms with Crippen LogP contribution in [0.3, 0.4) is 0 Å². The Labute approximate surface area is 239 Å². The van der Waals surface area contributed by atoms with Gasteiger partial charge in [-0.2, -0.15) is 0 Å². The van der Waals surface area contributed by atoms with Gasteiger partial charge >= 0.3 is 0 Å². The minimum atomic E-state index is -1.97. The van der Waals surface area contributed by atoms with Crippen LogP contribution in [0.25, 0.3) is 22.2 Å². The van der Waals surface area contributed by atoms with Gasteiger partial charge in [0.1, 0.15) is 21.6 Å². The van der Waals surface area contributed by atoms with Crippen LogP contribution >= 0.6 is 0 Å². The zero-order chi connectivity index (χ0) is 29.2. The second kappa shape index (κ2) is 9.71. The second-order valence-corrected chi connectivity index (χ2v) is 17.8. The standard InChI is InChI=1S/C33H37N5OSi/c1-20(2)40(21(3)4,22(5)6)14-13-23-9-8-10-26-31(23)29-16-30(37(7)33(26)39)32-36-27-12-11-24(15-28(27)38(29)32)25-17-34-19-35-18-25/h8-12,15,17-22,29-30H,16H2,1-7H3/t29-,30-/m1/s1/i19D. The molecule has 6 nitrogen and oxygen atoms in total. The molecule has 0 saturated heterocycles. The number of carbonyl (C=O) groups is 1. The van der Waals surface area contributed by atoms with Crippen molar-refractivity contribution in [2.45, 2.75) is 76.7 Å². The summed E-state index contributed by atoms with van der Waals surface area (Å²) in [4.78, 5) is 28.9. The van der Waals surface area contributed by atoms with Gasteiger partial charge in [-0.1, -0.05) is 59.6 Å².